The quantitative estimate of drug-likeness (QED) is 0.0851. The lowest BCUT2D eigenvalue weighted by Crippen LogP contribution is -2.28. The van der Waals surface area contributed by atoms with Gasteiger partial charge in [0.25, 0.3) is 0 Å². The van der Waals surface area contributed by atoms with Crippen LogP contribution in [0.4, 0.5) is 34.1 Å². The summed E-state index contributed by atoms with van der Waals surface area (Å²) in [5, 5.41) is 4.36. The van der Waals surface area contributed by atoms with Gasteiger partial charge in [0.2, 0.25) is 0 Å². The predicted molar refractivity (Wildman–Crippen MR) is 489 cm³/mol. The molecule has 0 saturated heterocycles. The largest absolute Gasteiger partial charge is 0.456 e. The first-order valence-electron chi connectivity index (χ1n) is 40.4. The van der Waals surface area contributed by atoms with Gasteiger partial charge in [0.15, 0.2) is 0 Å². The molecule has 2 aliphatic carbocycles. The van der Waals surface area contributed by atoms with Crippen molar-refractivity contribution in [1.29, 1.82) is 0 Å². The number of allylic oxidation sites excluding steroid dienone is 5. The van der Waals surface area contributed by atoms with Crippen molar-refractivity contribution in [3.05, 3.63) is 481 Å². The summed E-state index contributed by atoms with van der Waals surface area (Å²) in [6.07, 6.45) is 8.44. The van der Waals surface area contributed by atoms with Crippen LogP contribution in [0.3, 0.4) is 0 Å². The van der Waals surface area contributed by atoms with Crippen molar-refractivity contribution in [1.82, 2.24) is 0 Å². The second-order valence-corrected chi connectivity index (χ2v) is 31.0. The minimum Gasteiger partial charge on any atom is -0.456 e. The zero-order valence-corrected chi connectivity index (χ0v) is 65.3. The fraction of sp³-hybridized carbons (Fsp3) is 0.0442. The van der Waals surface area contributed by atoms with Gasteiger partial charge in [-0.15, -0.1) is 0 Å². The first kappa shape index (κ1) is 70.1. The molecule has 19 aromatic rings. The summed E-state index contributed by atoms with van der Waals surface area (Å²) in [6.45, 7) is 11.5. The number of para-hydroxylation sites is 4. The van der Waals surface area contributed by atoms with Gasteiger partial charge in [-0.05, 0) is 252 Å². The second kappa shape index (κ2) is 28.7. The highest BCUT2D eigenvalue weighted by Gasteiger charge is 2.48. The topological polar surface area (TPSA) is 32.8 Å². The highest BCUT2D eigenvalue weighted by atomic mass is 16.3. The molecule has 117 heavy (non-hydrogen) atoms. The number of aryl methyl sites for hydroxylation is 2. The molecule has 21 rings (SSSR count). The lowest BCUT2D eigenvalue weighted by Gasteiger charge is -2.34. The summed E-state index contributed by atoms with van der Waals surface area (Å²) >= 11 is 0. The Kier molecular flexibility index (Phi) is 17.2. The summed E-state index contributed by atoms with van der Waals surface area (Å²) in [5.74, 6) is 0. The molecule has 0 fully saturated rings. The van der Waals surface area contributed by atoms with E-state index in [1.807, 2.05) is 12.1 Å². The Morgan fingerprint density at radius 2 is 0.641 bits per heavy atom. The van der Waals surface area contributed by atoms with Crippen LogP contribution in [0, 0.1) is 13.8 Å². The van der Waals surface area contributed by atoms with Gasteiger partial charge < -0.3 is 18.6 Å². The van der Waals surface area contributed by atoms with Gasteiger partial charge >= 0.3 is 0 Å². The molecule has 2 aromatic heterocycles. The SMILES string of the molecule is C=C(/C=C\C=C/C)C1(c2ccccc2)c2ccccc2-c2ccc(-c3ccc(N(c4ccc(-c5ccc(N(c6ccc(-c7ccc8c(c7)C(c7ccccc7)(c7ccccc7)c7ccccc7-8)cc6)c6ccccc6-c6ccc7oc8ccccc8c7c6)c(C)c5)cc4C)c4ccccc4-c4ccc5oc6ccccc6c5c4)cc3)cc21. The van der Waals surface area contributed by atoms with Crippen molar-refractivity contribution in [2.24, 2.45) is 0 Å². The highest BCUT2D eigenvalue weighted by Crippen LogP contribution is 2.60. The fourth-order valence-corrected chi connectivity index (χ4v) is 19.2. The molecule has 17 aromatic carbocycles. The number of hydrogen-bond acceptors (Lipinski definition) is 4. The van der Waals surface area contributed by atoms with Crippen LogP contribution in [0.25, 0.3) is 122 Å². The van der Waals surface area contributed by atoms with Crippen molar-refractivity contribution in [3.63, 3.8) is 0 Å². The minimum absolute atomic E-state index is 0.518. The molecule has 1 atom stereocenters. The summed E-state index contributed by atoms with van der Waals surface area (Å²) in [5.41, 5.74) is 36.8. The van der Waals surface area contributed by atoms with E-state index >= 15 is 0 Å². The van der Waals surface area contributed by atoms with Crippen LogP contribution in [-0.4, -0.2) is 0 Å². The first-order chi connectivity index (χ1) is 57.7. The maximum atomic E-state index is 6.42. The van der Waals surface area contributed by atoms with E-state index in [1.54, 1.807) is 0 Å². The number of anilines is 6. The van der Waals surface area contributed by atoms with Gasteiger partial charge in [-0.1, -0.05) is 316 Å². The average Bonchev–Trinajstić information content (AvgIpc) is 1.55. The molecular weight excluding hydrogens is 1420 g/mol. The zero-order valence-electron chi connectivity index (χ0n) is 65.3. The van der Waals surface area contributed by atoms with Gasteiger partial charge in [0.1, 0.15) is 22.3 Å². The van der Waals surface area contributed by atoms with Crippen molar-refractivity contribution >= 4 is 78.0 Å². The van der Waals surface area contributed by atoms with Crippen molar-refractivity contribution < 1.29 is 8.83 Å². The normalized spacial score (nSPS) is 13.8. The molecular formula is C113H80N2O2. The Morgan fingerprint density at radius 1 is 0.274 bits per heavy atom. The molecule has 2 heterocycles. The average molecular weight is 1500 g/mol. The Labute approximate surface area is 682 Å². The van der Waals surface area contributed by atoms with Crippen LogP contribution < -0.4 is 9.80 Å². The zero-order chi connectivity index (χ0) is 78.3. The van der Waals surface area contributed by atoms with E-state index in [9.17, 15) is 0 Å². The summed E-state index contributed by atoms with van der Waals surface area (Å²) in [7, 11) is 0. The van der Waals surface area contributed by atoms with Gasteiger partial charge in [0.05, 0.1) is 22.2 Å². The smallest absolute Gasteiger partial charge is 0.135 e. The third kappa shape index (κ3) is 11.5. The van der Waals surface area contributed by atoms with E-state index < -0.39 is 10.8 Å². The van der Waals surface area contributed by atoms with Crippen LogP contribution in [0.15, 0.2) is 440 Å². The summed E-state index contributed by atoms with van der Waals surface area (Å²) in [6, 6.07) is 145. The number of benzene rings is 17. The van der Waals surface area contributed by atoms with Crippen LogP contribution in [0.5, 0.6) is 0 Å². The number of hydrogen-bond donors (Lipinski definition) is 0. The molecule has 0 N–H and O–H groups in total. The van der Waals surface area contributed by atoms with E-state index in [4.69, 9.17) is 15.4 Å². The van der Waals surface area contributed by atoms with E-state index in [0.717, 1.165) is 150 Å². The van der Waals surface area contributed by atoms with E-state index in [2.05, 4.69) is 437 Å². The highest BCUT2D eigenvalue weighted by molar-refractivity contribution is 6.09. The Morgan fingerprint density at radius 3 is 1.14 bits per heavy atom. The van der Waals surface area contributed by atoms with Crippen LogP contribution in [0.1, 0.15) is 57.0 Å². The molecule has 554 valence electrons. The lowest BCUT2D eigenvalue weighted by atomic mass is 9.67. The Hall–Kier alpha value is -14.8. The molecule has 0 bridgehead atoms. The van der Waals surface area contributed by atoms with Crippen molar-refractivity contribution in [3.8, 4) is 77.9 Å². The molecule has 1 unspecified atom stereocenters. The van der Waals surface area contributed by atoms with Gasteiger partial charge in [-0.2, -0.15) is 0 Å². The third-order valence-corrected chi connectivity index (χ3v) is 24.6. The Bertz CT molecular complexity index is 7140. The van der Waals surface area contributed by atoms with Crippen molar-refractivity contribution in [2.75, 3.05) is 9.80 Å². The van der Waals surface area contributed by atoms with Gasteiger partial charge in [-0.25, -0.2) is 0 Å². The number of furan rings is 2. The molecule has 2 aliphatic rings. The summed E-state index contributed by atoms with van der Waals surface area (Å²) in [4.78, 5) is 4.90. The molecule has 0 saturated carbocycles. The lowest BCUT2D eigenvalue weighted by molar-refractivity contribution is 0.668. The molecule has 0 aliphatic heterocycles. The molecule has 4 nitrogen and oxygen atoms in total. The maximum absolute atomic E-state index is 6.42. The van der Waals surface area contributed by atoms with Gasteiger partial charge in [0, 0.05) is 55.4 Å². The maximum Gasteiger partial charge on any atom is 0.135 e. The fourth-order valence-electron chi connectivity index (χ4n) is 19.2. The van der Waals surface area contributed by atoms with E-state index in [-0.39, 0.29) is 0 Å². The predicted octanol–water partition coefficient (Wildman–Crippen LogP) is 30.7. The first-order valence-corrected chi connectivity index (χ1v) is 40.4. The Balaban J connectivity index is 0.672. The van der Waals surface area contributed by atoms with E-state index in [1.165, 1.54) is 61.2 Å². The monoisotopic (exact) mass is 1500 g/mol. The van der Waals surface area contributed by atoms with Crippen LogP contribution in [-0.2, 0) is 10.8 Å². The third-order valence-electron chi connectivity index (χ3n) is 24.6. The van der Waals surface area contributed by atoms with Crippen LogP contribution in [0.2, 0.25) is 0 Å². The molecule has 0 spiro atoms. The van der Waals surface area contributed by atoms with E-state index in [0.29, 0.717) is 0 Å². The molecule has 0 amide bonds. The molecule has 0 radical (unpaired) electrons. The van der Waals surface area contributed by atoms with Crippen molar-refractivity contribution in [2.45, 2.75) is 31.6 Å². The standard InChI is InChI=1S/C113H80N2O2/c1-5-6-10-29-76(4)112(85-30-11-7-12-31-85)100-42-23-17-38-92(100)94-62-52-81(72-102(94)112)77-48-58-88(59-49-77)114(106-44-25-19-36-90(106)83-56-66-110-98(70-83)96-40-21-27-46-108(96)116-110)104-64-54-79(68-74(104)2)80-55-65-105(75(3)69-80)115(107-45-26-20-37-91(107)84-57-67-111-99(71-84)97-41-22-28-47-109(97)117-111)89-60-50-78(51-61-89)82-53-63-95-93-39-18-24-43-101(93)113(103(95)73-82,86-32-13-8-14-33-86)87-34-15-9-16-35-87/h5-73H,4H2,1-3H3/b6-5-,29-10-. The van der Waals surface area contributed by atoms with Crippen LogP contribution >= 0.6 is 0 Å². The number of nitrogens with zero attached hydrogens (tertiary/aromatic N) is 2. The number of fused-ring (bicyclic) bond motifs is 12. The van der Waals surface area contributed by atoms with Gasteiger partial charge in [-0.3, -0.25) is 0 Å². The second-order valence-electron chi connectivity index (χ2n) is 31.0. The summed E-state index contributed by atoms with van der Waals surface area (Å²) < 4.78 is 12.8. The number of rotatable bonds is 17. The molecule has 4 heteroatoms. The minimum atomic E-state index is -0.617.